The van der Waals surface area contributed by atoms with Crippen LogP contribution in [0.5, 0.6) is 5.75 Å². The molecule has 1 aromatic carbocycles. The van der Waals surface area contributed by atoms with Crippen LogP contribution in [0.2, 0.25) is 0 Å². The van der Waals surface area contributed by atoms with Crippen LogP contribution in [0, 0.1) is 0 Å². The molecule has 148 valence electrons. The zero-order chi connectivity index (χ0) is 20.6. The molecule has 0 spiro atoms. The minimum atomic E-state index is -4.64. The van der Waals surface area contributed by atoms with Crippen molar-refractivity contribution in [3.05, 3.63) is 46.3 Å². The molecule has 1 aliphatic heterocycles. The summed E-state index contributed by atoms with van der Waals surface area (Å²) in [7, 11) is 1.29. The number of pyridine rings is 1. The molecule has 2 N–H and O–H groups in total. The standard InChI is InChI=1S/C17H12Cl2F3N3O3/c1-28-12-4-2-9(8-3-5-13(17(20,21)22)23-14(8)12)16(26)24-15-10(18)6-25(27)7-11(15)19/h2-6,11,27H,7H2,1H3/p+1. The number of nitrogens with zero attached hydrogens (tertiary/aromatic N) is 2. The van der Waals surface area contributed by atoms with Crippen LogP contribution in [-0.2, 0) is 6.18 Å². The number of methoxy groups -OCH3 is 1. The van der Waals surface area contributed by atoms with E-state index in [0.717, 1.165) is 16.9 Å². The van der Waals surface area contributed by atoms with Crippen molar-refractivity contribution in [1.82, 2.24) is 10.3 Å². The Labute approximate surface area is 166 Å². The van der Waals surface area contributed by atoms with Gasteiger partial charge in [-0.3, -0.25) is 10.0 Å². The van der Waals surface area contributed by atoms with Gasteiger partial charge in [0, 0.05) is 10.9 Å². The Balaban J connectivity index is 2.06. The van der Waals surface area contributed by atoms with E-state index in [0.29, 0.717) is 0 Å². The van der Waals surface area contributed by atoms with E-state index < -0.39 is 23.2 Å². The molecular formula is C17H13Cl2F3N3O3+. The number of carbonyl (C=O) groups excluding carboxylic acids is 1. The monoisotopic (exact) mass is 434 g/mol. The van der Waals surface area contributed by atoms with Gasteiger partial charge < -0.3 is 10.1 Å². The van der Waals surface area contributed by atoms with Gasteiger partial charge >= 0.3 is 6.18 Å². The molecule has 0 saturated heterocycles. The smallest absolute Gasteiger partial charge is 0.433 e. The first-order valence-electron chi connectivity index (χ1n) is 7.82. The lowest BCUT2D eigenvalue weighted by Gasteiger charge is -2.17. The molecule has 2 aromatic rings. The fraction of sp³-hybridized carbons (Fsp3) is 0.235. The molecule has 0 saturated carbocycles. The Morgan fingerprint density at radius 2 is 2.07 bits per heavy atom. The van der Waals surface area contributed by atoms with Crippen molar-refractivity contribution in [3.8, 4) is 5.75 Å². The average Bonchev–Trinajstić information content (AvgIpc) is 2.62. The first-order chi connectivity index (χ1) is 13.1. The van der Waals surface area contributed by atoms with E-state index in [1.807, 2.05) is 0 Å². The largest absolute Gasteiger partial charge is 0.494 e. The molecule has 1 atom stereocenters. The van der Waals surface area contributed by atoms with Crippen LogP contribution in [0.3, 0.4) is 0 Å². The second kappa shape index (κ2) is 7.48. The molecule has 1 aliphatic rings. The molecule has 0 aliphatic carbocycles. The molecule has 28 heavy (non-hydrogen) atoms. The summed E-state index contributed by atoms with van der Waals surface area (Å²) in [5, 5.41) is 11.4. The minimum Gasteiger partial charge on any atom is -0.494 e. The van der Waals surface area contributed by atoms with Gasteiger partial charge in [0.25, 0.3) is 5.91 Å². The predicted molar refractivity (Wildman–Crippen MR) is 96.3 cm³/mol. The Hall–Kier alpha value is -2.52. The van der Waals surface area contributed by atoms with Gasteiger partial charge in [-0.2, -0.15) is 13.2 Å². The Kier molecular flexibility index (Phi) is 5.40. The molecule has 0 radical (unpaired) electrons. The van der Waals surface area contributed by atoms with Gasteiger partial charge in [0.05, 0.1) is 12.8 Å². The molecule has 1 aromatic heterocycles. The van der Waals surface area contributed by atoms with E-state index >= 15 is 0 Å². The number of benzene rings is 1. The predicted octanol–water partition coefficient (Wildman–Crippen LogP) is 3.54. The van der Waals surface area contributed by atoms with Crippen LogP contribution in [0.15, 0.2) is 35.0 Å². The van der Waals surface area contributed by atoms with E-state index in [1.165, 1.54) is 25.5 Å². The van der Waals surface area contributed by atoms with Crippen molar-refractivity contribution in [2.75, 3.05) is 13.7 Å². The number of aromatic nitrogens is 1. The molecule has 2 heterocycles. The van der Waals surface area contributed by atoms with E-state index in [1.54, 1.807) is 0 Å². The number of hydroxylamine groups is 1. The van der Waals surface area contributed by atoms with E-state index in [-0.39, 0.29) is 39.5 Å². The quantitative estimate of drug-likeness (QED) is 0.440. The van der Waals surface area contributed by atoms with E-state index in [2.05, 4.69) is 10.3 Å². The highest BCUT2D eigenvalue weighted by Crippen LogP contribution is 2.33. The number of rotatable bonds is 3. The molecule has 3 rings (SSSR count). The summed E-state index contributed by atoms with van der Waals surface area (Å²) in [5.41, 5.74) is -0.983. The lowest BCUT2D eigenvalue weighted by molar-refractivity contribution is -0.770. The molecule has 6 nitrogen and oxygen atoms in total. The number of hydrogen-bond acceptors (Lipinski definition) is 4. The van der Waals surface area contributed by atoms with Crippen LogP contribution < -0.4 is 10.1 Å². The summed E-state index contributed by atoms with van der Waals surface area (Å²) < 4.78 is 44.8. The van der Waals surface area contributed by atoms with E-state index in [9.17, 15) is 23.2 Å². The van der Waals surface area contributed by atoms with Gasteiger partial charge in [0.1, 0.15) is 27.4 Å². The highest BCUT2D eigenvalue weighted by molar-refractivity contribution is 6.40. The third-order valence-electron chi connectivity index (χ3n) is 4.00. The van der Waals surface area contributed by atoms with Crippen molar-refractivity contribution < 1.29 is 32.6 Å². The Morgan fingerprint density at radius 1 is 1.36 bits per heavy atom. The van der Waals surface area contributed by atoms with Gasteiger partial charge in [-0.1, -0.05) is 11.6 Å². The maximum Gasteiger partial charge on any atom is 0.433 e. The molecule has 0 fully saturated rings. The van der Waals surface area contributed by atoms with Crippen LogP contribution >= 0.6 is 23.2 Å². The Morgan fingerprint density at radius 3 is 2.68 bits per heavy atom. The fourth-order valence-electron chi connectivity index (χ4n) is 2.70. The molecule has 1 unspecified atom stereocenters. The second-order valence-corrected chi connectivity index (χ2v) is 6.77. The van der Waals surface area contributed by atoms with Crippen molar-refractivity contribution in [2.45, 2.75) is 11.6 Å². The zero-order valence-electron chi connectivity index (χ0n) is 14.2. The second-order valence-electron chi connectivity index (χ2n) is 5.84. The SMILES string of the molecule is COc1ccc(C(=O)NC2=C(Cl)C=[N+](O)CC2Cl)c2ccc(C(F)(F)F)nc12. The number of fused-ring (bicyclic) bond motifs is 1. The maximum absolute atomic E-state index is 13.0. The first-order valence-corrected chi connectivity index (χ1v) is 8.63. The van der Waals surface area contributed by atoms with Crippen LogP contribution in [-0.4, -0.2) is 46.1 Å². The fourth-order valence-corrected chi connectivity index (χ4v) is 3.36. The highest BCUT2D eigenvalue weighted by atomic mass is 35.5. The number of alkyl halides is 4. The summed E-state index contributed by atoms with van der Waals surface area (Å²) in [6.07, 6.45) is -3.46. The third kappa shape index (κ3) is 3.85. The van der Waals surface area contributed by atoms with Gasteiger partial charge in [-0.25, -0.2) is 4.98 Å². The lowest BCUT2D eigenvalue weighted by atomic mass is 10.1. The van der Waals surface area contributed by atoms with Crippen molar-refractivity contribution >= 4 is 46.2 Å². The maximum atomic E-state index is 13.0. The van der Waals surface area contributed by atoms with E-state index in [4.69, 9.17) is 27.9 Å². The third-order valence-corrected chi connectivity index (χ3v) is 4.66. The zero-order valence-corrected chi connectivity index (χ0v) is 15.7. The normalized spacial score (nSPS) is 17.5. The highest BCUT2D eigenvalue weighted by Gasteiger charge is 2.33. The number of allylic oxidation sites excluding steroid dienone is 1. The van der Waals surface area contributed by atoms with Crippen LogP contribution in [0.25, 0.3) is 10.9 Å². The Bertz CT molecular complexity index is 1020. The minimum absolute atomic E-state index is 0.00670. The average molecular weight is 435 g/mol. The van der Waals surface area contributed by atoms with Gasteiger partial charge in [0.2, 0.25) is 12.8 Å². The topological polar surface area (TPSA) is 74.5 Å². The molecular weight excluding hydrogens is 422 g/mol. The van der Waals surface area contributed by atoms with Crippen LogP contribution in [0.4, 0.5) is 13.2 Å². The van der Waals surface area contributed by atoms with Crippen LogP contribution in [0.1, 0.15) is 16.1 Å². The number of halogens is 5. The number of carbonyl (C=O) groups is 1. The van der Waals surface area contributed by atoms with Gasteiger partial charge in [-0.15, -0.1) is 11.6 Å². The van der Waals surface area contributed by atoms with Crippen molar-refractivity contribution in [1.29, 1.82) is 0 Å². The van der Waals surface area contributed by atoms with Crippen molar-refractivity contribution in [3.63, 3.8) is 0 Å². The van der Waals surface area contributed by atoms with Gasteiger partial charge in [-0.05, 0) is 29.0 Å². The summed E-state index contributed by atoms with van der Waals surface area (Å²) in [6.45, 7) is -0.00670. The number of hydrogen-bond donors (Lipinski definition) is 2. The number of nitrogens with one attached hydrogen (secondary N) is 1. The van der Waals surface area contributed by atoms with Gasteiger partial charge in [0.15, 0.2) is 0 Å². The summed E-state index contributed by atoms with van der Waals surface area (Å²) in [6, 6.07) is 4.68. The molecule has 11 heteroatoms. The first kappa shape index (κ1) is 20.2. The summed E-state index contributed by atoms with van der Waals surface area (Å²) in [4.78, 5) is 16.3. The summed E-state index contributed by atoms with van der Waals surface area (Å²) >= 11 is 12.1. The number of ether oxygens (including phenoxy) is 1. The van der Waals surface area contributed by atoms with Crippen molar-refractivity contribution in [2.24, 2.45) is 0 Å². The summed E-state index contributed by atoms with van der Waals surface area (Å²) in [5.74, 6) is -0.556. The number of amides is 1. The lowest BCUT2D eigenvalue weighted by Crippen LogP contribution is -2.36. The molecule has 0 bridgehead atoms. The molecule has 1 amide bonds.